The van der Waals surface area contributed by atoms with E-state index >= 15 is 0 Å². The minimum Gasteiger partial charge on any atom is -0.488 e. The average Bonchev–Trinajstić information content (AvgIpc) is 2.65. The number of halogens is 1. The number of hydrogen-bond acceptors (Lipinski definition) is 4. The molecule has 0 saturated heterocycles. The molecule has 3 aromatic rings. The van der Waals surface area contributed by atoms with Crippen molar-refractivity contribution in [1.29, 1.82) is 0 Å². The van der Waals surface area contributed by atoms with Gasteiger partial charge in [0, 0.05) is 16.5 Å². The highest BCUT2D eigenvalue weighted by atomic mass is 35.5. The summed E-state index contributed by atoms with van der Waals surface area (Å²) in [6.07, 6.45) is 1.78. The van der Waals surface area contributed by atoms with E-state index in [1.807, 2.05) is 24.3 Å². The van der Waals surface area contributed by atoms with Gasteiger partial charge in [0.05, 0.1) is 12.6 Å². The lowest BCUT2D eigenvalue weighted by Crippen LogP contribution is -2.06. The van der Waals surface area contributed by atoms with Crippen LogP contribution < -0.4 is 4.74 Å². The Hall–Kier alpha value is -2.85. The molecule has 0 aliphatic carbocycles. The minimum absolute atomic E-state index is 0.189. The Morgan fingerprint density at radius 1 is 1.20 bits per heavy atom. The number of aromatic nitrogens is 1. The average molecular weight is 354 g/mol. The molecule has 0 aliphatic heterocycles. The molecule has 0 saturated carbocycles. The summed E-state index contributed by atoms with van der Waals surface area (Å²) in [6.45, 7) is 4.09. The van der Waals surface area contributed by atoms with Crippen molar-refractivity contribution in [2.24, 2.45) is 0 Å². The van der Waals surface area contributed by atoms with Gasteiger partial charge in [-0.3, -0.25) is 0 Å². The number of esters is 1. The SMILES string of the molecule is C=Cc1ccc(COc2cc(C(=O)OC)nc3ccc(Cl)cc23)cc1. The van der Waals surface area contributed by atoms with E-state index in [2.05, 4.69) is 11.6 Å². The zero-order valence-electron chi connectivity index (χ0n) is 13.7. The van der Waals surface area contributed by atoms with E-state index in [4.69, 9.17) is 21.1 Å². The first-order chi connectivity index (χ1) is 12.1. The van der Waals surface area contributed by atoms with Crippen molar-refractivity contribution in [1.82, 2.24) is 4.98 Å². The van der Waals surface area contributed by atoms with Crippen LogP contribution in [0.2, 0.25) is 5.02 Å². The summed E-state index contributed by atoms with van der Waals surface area (Å²) in [4.78, 5) is 16.1. The third kappa shape index (κ3) is 3.80. The van der Waals surface area contributed by atoms with Crippen molar-refractivity contribution < 1.29 is 14.3 Å². The summed E-state index contributed by atoms with van der Waals surface area (Å²) in [7, 11) is 1.32. The first-order valence-electron chi connectivity index (χ1n) is 7.63. The van der Waals surface area contributed by atoms with Crippen LogP contribution in [0, 0.1) is 0 Å². The van der Waals surface area contributed by atoms with E-state index in [1.54, 1.807) is 30.3 Å². The van der Waals surface area contributed by atoms with Crippen LogP contribution in [0.1, 0.15) is 21.6 Å². The van der Waals surface area contributed by atoms with Gasteiger partial charge in [0.2, 0.25) is 0 Å². The van der Waals surface area contributed by atoms with Crippen LogP contribution in [-0.2, 0) is 11.3 Å². The molecule has 0 N–H and O–H groups in total. The van der Waals surface area contributed by atoms with E-state index in [1.165, 1.54) is 7.11 Å². The maximum Gasteiger partial charge on any atom is 0.356 e. The number of carbonyl (C=O) groups is 1. The predicted molar refractivity (Wildman–Crippen MR) is 99.0 cm³/mol. The summed E-state index contributed by atoms with van der Waals surface area (Å²) >= 11 is 6.09. The summed E-state index contributed by atoms with van der Waals surface area (Å²) in [6, 6.07) is 14.7. The third-order valence-electron chi connectivity index (χ3n) is 3.74. The molecule has 0 atom stereocenters. The molecule has 0 amide bonds. The molecule has 3 rings (SSSR count). The monoisotopic (exact) mass is 353 g/mol. The second-order valence-electron chi connectivity index (χ2n) is 5.39. The van der Waals surface area contributed by atoms with Gasteiger partial charge in [-0.05, 0) is 29.3 Å². The summed E-state index contributed by atoms with van der Waals surface area (Å²) in [5.74, 6) is 0.0118. The van der Waals surface area contributed by atoms with Crippen molar-refractivity contribution in [3.05, 3.63) is 77.0 Å². The molecule has 0 aliphatic rings. The second kappa shape index (κ2) is 7.36. The number of methoxy groups -OCH3 is 1. The fraction of sp³-hybridized carbons (Fsp3) is 0.100. The van der Waals surface area contributed by atoms with Crippen LogP contribution in [0.15, 0.2) is 55.1 Å². The van der Waals surface area contributed by atoms with E-state index in [0.29, 0.717) is 22.9 Å². The molecule has 0 unspecified atom stereocenters. The number of ether oxygens (including phenoxy) is 2. The van der Waals surface area contributed by atoms with Crippen molar-refractivity contribution in [2.45, 2.75) is 6.61 Å². The minimum atomic E-state index is -0.517. The number of nitrogens with zero attached hydrogens (tertiary/aromatic N) is 1. The largest absolute Gasteiger partial charge is 0.488 e. The first-order valence-corrected chi connectivity index (χ1v) is 8.01. The van der Waals surface area contributed by atoms with E-state index in [-0.39, 0.29) is 5.69 Å². The molecule has 2 aromatic carbocycles. The fourth-order valence-corrected chi connectivity index (χ4v) is 2.58. The molecule has 126 valence electrons. The molecule has 25 heavy (non-hydrogen) atoms. The topological polar surface area (TPSA) is 48.4 Å². The van der Waals surface area contributed by atoms with Crippen LogP contribution in [-0.4, -0.2) is 18.1 Å². The van der Waals surface area contributed by atoms with Crippen LogP contribution in [0.4, 0.5) is 0 Å². The van der Waals surface area contributed by atoms with Gasteiger partial charge in [-0.2, -0.15) is 0 Å². The lowest BCUT2D eigenvalue weighted by molar-refractivity contribution is 0.0594. The lowest BCUT2D eigenvalue weighted by Gasteiger charge is -2.11. The number of pyridine rings is 1. The van der Waals surface area contributed by atoms with Crippen molar-refractivity contribution >= 4 is 34.5 Å². The van der Waals surface area contributed by atoms with Gasteiger partial charge < -0.3 is 9.47 Å². The molecule has 0 fully saturated rings. The van der Waals surface area contributed by atoms with Crippen LogP contribution in [0.5, 0.6) is 5.75 Å². The maximum absolute atomic E-state index is 11.8. The summed E-state index contributed by atoms with van der Waals surface area (Å²) in [5, 5.41) is 1.31. The summed E-state index contributed by atoms with van der Waals surface area (Å²) < 4.78 is 10.7. The molecule has 1 heterocycles. The standard InChI is InChI=1S/C20H16ClNO3/c1-3-13-4-6-14(7-5-13)12-25-19-11-18(20(23)24-2)22-17-9-8-15(21)10-16(17)19/h3-11H,1,12H2,2H3. The molecular weight excluding hydrogens is 338 g/mol. The van der Waals surface area contributed by atoms with Crippen LogP contribution in [0.3, 0.4) is 0 Å². The highest BCUT2D eigenvalue weighted by Gasteiger charge is 2.14. The quantitative estimate of drug-likeness (QED) is 0.612. The Kier molecular flexibility index (Phi) is 5.00. The first kappa shape index (κ1) is 17.0. The number of fused-ring (bicyclic) bond motifs is 1. The molecule has 0 bridgehead atoms. The Bertz CT molecular complexity index is 936. The van der Waals surface area contributed by atoms with Crippen molar-refractivity contribution in [2.75, 3.05) is 7.11 Å². The molecule has 5 heteroatoms. The number of hydrogen-bond donors (Lipinski definition) is 0. The molecule has 1 aromatic heterocycles. The normalized spacial score (nSPS) is 10.5. The Morgan fingerprint density at radius 3 is 2.64 bits per heavy atom. The Labute approximate surface area is 150 Å². The van der Waals surface area contributed by atoms with E-state index in [9.17, 15) is 4.79 Å². The summed E-state index contributed by atoms with van der Waals surface area (Å²) in [5.41, 5.74) is 2.84. The van der Waals surface area contributed by atoms with Gasteiger partial charge in [0.25, 0.3) is 0 Å². The highest BCUT2D eigenvalue weighted by molar-refractivity contribution is 6.31. The van der Waals surface area contributed by atoms with E-state index < -0.39 is 5.97 Å². The Balaban J connectivity index is 1.95. The van der Waals surface area contributed by atoms with Gasteiger partial charge in [0.1, 0.15) is 12.4 Å². The Morgan fingerprint density at radius 2 is 1.96 bits per heavy atom. The lowest BCUT2D eigenvalue weighted by atomic mass is 10.1. The number of benzene rings is 2. The fourth-order valence-electron chi connectivity index (χ4n) is 2.41. The van der Waals surface area contributed by atoms with E-state index in [0.717, 1.165) is 16.5 Å². The molecule has 0 spiro atoms. The molecular formula is C20H16ClNO3. The van der Waals surface area contributed by atoms with Crippen molar-refractivity contribution in [3.8, 4) is 5.75 Å². The third-order valence-corrected chi connectivity index (χ3v) is 3.97. The predicted octanol–water partition coefficient (Wildman–Crippen LogP) is 4.90. The van der Waals surface area contributed by atoms with Gasteiger partial charge in [-0.25, -0.2) is 9.78 Å². The molecule has 4 nitrogen and oxygen atoms in total. The maximum atomic E-state index is 11.8. The van der Waals surface area contributed by atoms with Gasteiger partial charge in [0.15, 0.2) is 5.69 Å². The smallest absolute Gasteiger partial charge is 0.356 e. The van der Waals surface area contributed by atoms with Crippen LogP contribution in [0.25, 0.3) is 17.0 Å². The second-order valence-corrected chi connectivity index (χ2v) is 5.83. The van der Waals surface area contributed by atoms with Crippen LogP contribution >= 0.6 is 11.6 Å². The number of rotatable bonds is 5. The number of carbonyl (C=O) groups excluding carboxylic acids is 1. The van der Waals surface area contributed by atoms with Gasteiger partial charge >= 0.3 is 5.97 Å². The highest BCUT2D eigenvalue weighted by Crippen LogP contribution is 2.29. The van der Waals surface area contributed by atoms with Gasteiger partial charge in [-0.15, -0.1) is 0 Å². The zero-order chi connectivity index (χ0) is 17.8. The zero-order valence-corrected chi connectivity index (χ0v) is 14.4. The molecule has 0 radical (unpaired) electrons. The van der Waals surface area contributed by atoms with Crippen molar-refractivity contribution in [3.63, 3.8) is 0 Å². The van der Waals surface area contributed by atoms with Gasteiger partial charge in [-0.1, -0.05) is 48.5 Å².